The Labute approximate surface area is 125 Å². The van der Waals surface area contributed by atoms with Crippen LogP contribution in [-0.2, 0) is 18.8 Å². The average molecular weight is 341 g/mol. The van der Waals surface area contributed by atoms with E-state index in [2.05, 4.69) is 49.8 Å². The molecule has 0 fully saturated rings. The maximum atomic E-state index is 5.69. The second-order valence-corrected chi connectivity index (χ2v) is 5.93. The highest BCUT2D eigenvalue weighted by Crippen LogP contribution is 2.26. The van der Waals surface area contributed by atoms with Gasteiger partial charge in [-0.25, -0.2) is 0 Å². The van der Waals surface area contributed by atoms with Crippen molar-refractivity contribution in [2.45, 2.75) is 37.3 Å². The fourth-order valence-corrected chi connectivity index (χ4v) is 3.38. The molecule has 0 amide bonds. The zero-order valence-electron chi connectivity index (χ0n) is 10.8. The Morgan fingerprint density at radius 2 is 2.11 bits per heavy atom. The summed E-state index contributed by atoms with van der Waals surface area (Å²) in [5.74, 6) is 1.73. The third kappa shape index (κ3) is 3.58. The van der Waals surface area contributed by atoms with Gasteiger partial charge < -0.3 is 10.3 Å². The lowest BCUT2D eigenvalue weighted by molar-refractivity contribution is 0.592. The molecule has 0 saturated carbocycles. The Hall–Kier alpha value is -0.850. The van der Waals surface area contributed by atoms with Crippen molar-refractivity contribution in [1.29, 1.82) is 0 Å². The van der Waals surface area contributed by atoms with E-state index in [-0.39, 0.29) is 0 Å². The summed E-state index contributed by atoms with van der Waals surface area (Å²) >= 11 is 5.26. The summed E-state index contributed by atoms with van der Waals surface area (Å²) in [6.07, 6.45) is 1.05. The van der Waals surface area contributed by atoms with Crippen LogP contribution in [0.5, 0.6) is 0 Å². The molecule has 19 heavy (non-hydrogen) atoms. The van der Waals surface area contributed by atoms with E-state index in [1.54, 1.807) is 11.8 Å². The fourth-order valence-electron chi connectivity index (χ4n) is 1.78. The van der Waals surface area contributed by atoms with Crippen molar-refractivity contribution in [1.82, 2.24) is 14.8 Å². The maximum absolute atomic E-state index is 5.69. The number of nitrogens with two attached hydrogens (primary N) is 1. The van der Waals surface area contributed by atoms with E-state index in [0.29, 0.717) is 6.54 Å². The van der Waals surface area contributed by atoms with E-state index in [4.69, 9.17) is 5.73 Å². The number of nitrogens with zero attached hydrogens (tertiary/aromatic N) is 3. The molecule has 0 unspecified atom stereocenters. The first kappa shape index (κ1) is 14.6. The highest BCUT2D eigenvalue weighted by atomic mass is 79.9. The monoisotopic (exact) mass is 340 g/mol. The lowest BCUT2D eigenvalue weighted by Crippen LogP contribution is -2.09. The molecule has 0 radical (unpaired) electrons. The summed E-state index contributed by atoms with van der Waals surface area (Å²) in [6, 6.07) is 8.23. The van der Waals surface area contributed by atoms with Crippen LogP contribution in [0, 0.1) is 0 Å². The van der Waals surface area contributed by atoms with Crippen LogP contribution in [0.3, 0.4) is 0 Å². The molecule has 1 heterocycles. The third-order valence-electron chi connectivity index (χ3n) is 2.74. The van der Waals surface area contributed by atoms with Gasteiger partial charge in [0.05, 0.1) is 6.54 Å². The van der Waals surface area contributed by atoms with Crippen molar-refractivity contribution in [3.8, 4) is 0 Å². The first-order valence-electron chi connectivity index (χ1n) is 6.24. The zero-order chi connectivity index (χ0) is 13.7. The van der Waals surface area contributed by atoms with Gasteiger partial charge in [-0.2, -0.15) is 0 Å². The van der Waals surface area contributed by atoms with Crippen molar-refractivity contribution in [2.75, 3.05) is 0 Å². The summed E-state index contributed by atoms with van der Waals surface area (Å²) in [4.78, 5) is 0. The Bertz CT molecular complexity index is 541. The molecule has 6 heteroatoms. The van der Waals surface area contributed by atoms with Crippen molar-refractivity contribution in [3.63, 3.8) is 0 Å². The molecule has 0 saturated heterocycles. The van der Waals surface area contributed by atoms with Gasteiger partial charge in [0.1, 0.15) is 5.82 Å². The molecule has 0 bridgehead atoms. The molecule has 0 atom stereocenters. The highest BCUT2D eigenvalue weighted by molar-refractivity contribution is 9.10. The van der Waals surface area contributed by atoms with Gasteiger partial charge in [0, 0.05) is 16.8 Å². The lowest BCUT2D eigenvalue weighted by Gasteiger charge is -2.08. The molecule has 2 aromatic rings. The van der Waals surface area contributed by atoms with Crippen molar-refractivity contribution < 1.29 is 0 Å². The number of hydrogen-bond acceptors (Lipinski definition) is 4. The minimum absolute atomic E-state index is 0.433. The van der Waals surface area contributed by atoms with Gasteiger partial charge in [0.25, 0.3) is 0 Å². The predicted octanol–water partition coefficient (Wildman–Crippen LogP) is 3.20. The Morgan fingerprint density at radius 1 is 1.32 bits per heavy atom. The number of benzene rings is 1. The molecule has 102 valence electrons. The minimum atomic E-state index is 0.433. The van der Waals surface area contributed by atoms with E-state index in [0.717, 1.165) is 34.2 Å². The van der Waals surface area contributed by atoms with E-state index in [1.807, 2.05) is 12.1 Å². The van der Waals surface area contributed by atoms with Gasteiger partial charge in [-0.15, -0.1) is 10.2 Å². The first-order chi connectivity index (χ1) is 9.26. The average Bonchev–Trinajstić information content (AvgIpc) is 2.81. The first-order valence-corrected chi connectivity index (χ1v) is 8.02. The minimum Gasteiger partial charge on any atom is -0.324 e. The Morgan fingerprint density at radius 3 is 2.79 bits per heavy atom. The molecule has 0 aliphatic carbocycles. The summed E-state index contributed by atoms with van der Waals surface area (Å²) < 4.78 is 3.24. The molecule has 4 nitrogen and oxygen atoms in total. The lowest BCUT2D eigenvalue weighted by atomic mass is 10.2. The van der Waals surface area contributed by atoms with Gasteiger partial charge in [0.15, 0.2) is 5.16 Å². The van der Waals surface area contributed by atoms with Crippen LogP contribution >= 0.6 is 27.7 Å². The van der Waals surface area contributed by atoms with Gasteiger partial charge >= 0.3 is 0 Å². The number of thioether (sulfide) groups is 1. The van der Waals surface area contributed by atoms with E-state index in [9.17, 15) is 0 Å². The molecular formula is C13H17BrN4S. The molecule has 2 N–H and O–H groups in total. The van der Waals surface area contributed by atoms with Crippen LogP contribution in [0.2, 0.25) is 0 Å². The van der Waals surface area contributed by atoms with Crippen LogP contribution in [0.1, 0.15) is 24.7 Å². The topological polar surface area (TPSA) is 56.7 Å². The van der Waals surface area contributed by atoms with Crippen LogP contribution < -0.4 is 5.73 Å². The predicted molar refractivity (Wildman–Crippen MR) is 81.9 cm³/mol. The second-order valence-electron chi connectivity index (χ2n) is 4.13. The van der Waals surface area contributed by atoms with E-state index >= 15 is 0 Å². The number of aromatic nitrogens is 3. The summed E-state index contributed by atoms with van der Waals surface area (Å²) in [5.41, 5.74) is 6.94. The quantitative estimate of drug-likeness (QED) is 0.820. The summed E-state index contributed by atoms with van der Waals surface area (Å²) in [5, 5.41) is 9.32. The van der Waals surface area contributed by atoms with Crippen LogP contribution in [-0.4, -0.2) is 14.8 Å². The van der Waals surface area contributed by atoms with Crippen LogP contribution in [0.25, 0.3) is 0 Å². The normalized spacial score (nSPS) is 10.9. The third-order valence-corrected chi connectivity index (χ3v) is 4.53. The van der Waals surface area contributed by atoms with Crippen molar-refractivity contribution >= 4 is 27.7 Å². The second kappa shape index (κ2) is 7.07. The zero-order valence-corrected chi connectivity index (χ0v) is 13.2. The van der Waals surface area contributed by atoms with Crippen LogP contribution in [0.15, 0.2) is 33.9 Å². The van der Waals surface area contributed by atoms with E-state index in [1.165, 1.54) is 5.56 Å². The van der Waals surface area contributed by atoms with E-state index < -0.39 is 0 Å². The standard InChI is InChI=1S/C13H17BrN4S/c1-2-7-18-12(8-15)16-17-13(18)19-9-10-5-3-4-6-11(10)14/h3-6H,2,7-9,15H2,1H3. The summed E-state index contributed by atoms with van der Waals surface area (Å²) in [7, 11) is 0. The molecule has 1 aromatic carbocycles. The summed E-state index contributed by atoms with van der Waals surface area (Å²) in [6.45, 7) is 3.49. The smallest absolute Gasteiger partial charge is 0.191 e. The fraction of sp³-hybridized carbons (Fsp3) is 0.385. The van der Waals surface area contributed by atoms with Gasteiger partial charge in [-0.1, -0.05) is 52.8 Å². The highest BCUT2D eigenvalue weighted by Gasteiger charge is 2.11. The largest absolute Gasteiger partial charge is 0.324 e. The van der Waals surface area contributed by atoms with Gasteiger partial charge in [-0.3, -0.25) is 0 Å². The van der Waals surface area contributed by atoms with Gasteiger partial charge in [0.2, 0.25) is 0 Å². The van der Waals surface area contributed by atoms with Crippen molar-refractivity contribution in [2.24, 2.45) is 5.73 Å². The number of hydrogen-bond donors (Lipinski definition) is 1. The molecule has 0 aliphatic rings. The molecular weight excluding hydrogens is 324 g/mol. The molecule has 1 aromatic heterocycles. The SMILES string of the molecule is CCCn1c(CN)nnc1SCc1ccccc1Br. The van der Waals surface area contributed by atoms with Crippen molar-refractivity contribution in [3.05, 3.63) is 40.1 Å². The molecule has 0 spiro atoms. The molecule has 0 aliphatic heterocycles. The Kier molecular flexibility index (Phi) is 5.42. The maximum Gasteiger partial charge on any atom is 0.191 e. The Balaban J connectivity index is 2.11. The van der Waals surface area contributed by atoms with Crippen LogP contribution in [0.4, 0.5) is 0 Å². The molecule has 2 rings (SSSR count). The van der Waals surface area contributed by atoms with Gasteiger partial charge in [-0.05, 0) is 18.1 Å². The number of rotatable bonds is 6. The number of halogens is 1.